The Morgan fingerprint density at radius 2 is 1.62 bits per heavy atom. The molecule has 21 heavy (non-hydrogen) atoms. The number of amides is 2. The third-order valence-electron chi connectivity index (χ3n) is 4.66. The second-order valence-corrected chi connectivity index (χ2v) is 6.52. The van der Waals surface area contributed by atoms with Gasteiger partial charge in [-0.3, -0.25) is 5.43 Å². The SMILES string of the molecule is CCCCCCCCCCCCC1CCN(C(=O)NN)C1. The number of nitrogens with two attached hydrogens (primary N) is 1. The average Bonchev–Trinajstić information content (AvgIpc) is 2.97. The molecule has 3 N–H and O–H groups in total. The van der Waals surface area contributed by atoms with Crippen LogP contribution < -0.4 is 11.3 Å². The molecular weight excluding hydrogens is 262 g/mol. The first-order valence-corrected chi connectivity index (χ1v) is 9.03. The van der Waals surface area contributed by atoms with Gasteiger partial charge in [-0.15, -0.1) is 0 Å². The first-order valence-electron chi connectivity index (χ1n) is 9.03. The van der Waals surface area contributed by atoms with Crippen LogP contribution in [0.2, 0.25) is 0 Å². The van der Waals surface area contributed by atoms with E-state index in [0.29, 0.717) is 5.92 Å². The zero-order valence-corrected chi connectivity index (χ0v) is 13.9. The zero-order chi connectivity index (χ0) is 15.3. The first kappa shape index (κ1) is 18.3. The summed E-state index contributed by atoms with van der Waals surface area (Å²) in [7, 11) is 0. The summed E-state index contributed by atoms with van der Waals surface area (Å²) in [6.07, 6.45) is 16.3. The number of likely N-dealkylation sites (tertiary alicyclic amines) is 1. The summed E-state index contributed by atoms with van der Waals surface area (Å²) in [5.41, 5.74) is 2.22. The summed E-state index contributed by atoms with van der Waals surface area (Å²) in [4.78, 5) is 13.2. The summed E-state index contributed by atoms with van der Waals surface area (Å²) in [6.45, 7) is 4.03. The molecule has 124 valence electrons. The number of carbonyl (C=O) groups is 1. The predicted molar refractivity (Wildman–Crippen MR) is 88.9 cm³/mol. The van der Waals surface area contributed by atoms with Crippen molar-refractivity contribution in [1.82, 2.24) is 10.3 Å². The molecule has 0 aromatic rings. The number of hydrogen-bond donors (Lipinski definition) is 2. The highest BCUT2D eigenvalue weighted by Gasteiger charge is 2.24. The quantitative estimate of drug-likeness (QED) is 0.260. The van der Waals surface area contributed by atoms with Crippen LogP contribution in [-0.4, -0.2) is 24.0 Å². The summed E-state index contributed by atoms with van der Waals surface area (Å²) in [6, 6.07) is -0.124. The molecular formula is C17H35N3O. The third-order valence-corrected chi connectivity index (χ3v) is 4.66. The molecule has 4 nitrogen and oxygen atoms in total. The monoisotopic (exact) mass is 297 g/mol. The lowest BCUT2D eigenvalue weighted by atomic mass is 9.99. The van der Waals surface area contributed by atoms with Crippen molar-refractivity contribution in [3.8, 4) is 0 Å². The maximum Gasteiger partial charge on any atom is 0.331 e. The van der Waals surface area contributed by atoms with Gasteiger partial charge in [-0.2, -0.15) is 0 Å². The van der Waals surface area contributed by atoms with Crippen LogP contribution in [-0.2, 0) is 0 Å². The highest BCUT2D eigenvalue weighted by molar-refractivity contribution is 5.73. The smallest absolute Gasteiger partial charge is 0.323 e. The molecule has 4 heteroatoms. The molecule has 1 aliphatic heterocycles. The summed E-state index contributed by atoms with van der Waals surface area (Å²) >= 11 is 0. The molecule has 1 heterocycles. The van der Waals surface area contributed by atoms with Crippen LogP contribution in [0.5, 0.6) is 0 Å². The highest BCUT2D eigenvalue weighted by atomic mass is 16.2. The van der Waals surface area contributed by atoms with Gasteiger partial charge < -0.3 is 4.90 Å². The van der Waals surface area contributed by atoms with Crippen molar-refractivity contribution in [2.45, 2.75) is 84.0 Å². The van der Waals surface area contributed by atoms with Gasteiger partial charge in [0.05, 0.1) is 0 Å². The van der Waals surface area contributed by atoms with Crippen molar-refractivity contribution in [1.29, 1.82) is 0 Å². The number of nitrogens with zero attached hydrogens (tertiary/aromatic N) is 1. The van der Waals surface area contributed by atoms with Gasteiger partial charge in [-0.25, -0.2) is 10.6 Å². The van der Waals surface area contributed by atoms with E-state index in [0.717, 1.165) is 19.5 Å². The van der Waals surface area contributed by atoms with E-state index in [4.69, 9.17) is 5.84 Å². The Balaban J connectivity index is 1.86. The Hall–Kier alpha value is -0.770. The van der Waals surface area contributed by atoms with E-state index in [1.807, 2.05) is 4.90 Å². The topological polar surface area (TPSA) is 58.4 Å². The van der Waals surface area contributed by atoms with Gasteiger partial charge in [-0.1, -0.05) is 71.1 Å². The molecule has 0 aromatic carbocycles. The largest absolute Gasteiger partial charge is 0.331 e. The Kier molecular flexibility index (Phi) is 10.3. The molecule has 0 aromatic heterocycles. The van der Waals surface area contributed by atoms with Crippen LogP contribution in [0.4, 0.5) is 4.79 Å². The minimum absolute atomic E-state index is 0.124. The fraction of sp³-hybridized carbons (Fsp3) is 0.941. The predicted octanol–water partition coefficient (Wildman–Crippen LogP) is 4.20. The molecule has 0 radical (unpaired) electrons. The molecule has 1 unspecified atom stereocenters. The van der Waals surface area contributed by atoms with Crippen LogP contribution >= 0.6 is 0 Å². The highest BCUT2D eigenvalue weighted by Crippen LogP contribution is 2.22. The standard InChI is InChI=1S/C17H35N3O/c1-2-3-4-5-6-7-8-9-10-11-12-16-13-14-20(15-16)17(21)19-18/h16H,2-15,18H2,1H3,(H,19,21). The Bertz CT molecular complexity index is 271. The van der Waals surface area contributed by atoms with Gasteiger partial charge in [-0.05, 0) is 18.8 Å². The number of unbranched alkanes of at least 4 members (excludes halogenated alkanes) is 9. The van der Waals surface area contributed by atoms with Crippen LogP contribution in [0.15, 0.2) is 0 Å². The molecule has 0 aliphatic carbocycles. The van der Waals surface area contributed by atoms with Gasteiger partial charge in [0, 0.05) is 13.1 Å². The van der Waals surface area contributed by atoms with E-state index >= 15 is 0 Å². The molecule has 1 aliphatic rings. The summed E-state index contributed by atoms with van der Waals surface area (Å²) in [5.74, 6) is 5.85. The molecule has 2 amide bonds. The number of hydrogen-bond acceptors (Lipinski definition) is 2. The number of hydrazine groups is 1. The lowest BCUT2D eigenvalue weighted by Crippen LogP contribution is -2.42. The van der Waals surface area contributed by atoms with Crippen molar-refractivity contribution in [2.24, 2.45) is 11.8 Å². The van der Waals surface area contributed by atoms with Crippen molar-refractivity contribution in [3.63, 3.8) is 0 Å². The minimum Gasteiger partial charge on any atom is -0.323 e. The van der Waals surface area contributed by atoms with Gasteiger partial charge in [0.15, 0.2) is 0 Å². The number of nitrogens with one attached hydrogen (secondary N) is 1. The van der Waals surface area contributed by atoms with Crippen molar-refractivity contribution >= 4 is 6.03 Å². The van der Waals surface area contributed by atoms with Crippen molar-refractivity contribution in [2.75, 3.05) is 13.1 Å². The van der Waals surface area contributed by atoms with E-state index in [1.54, 1.807) is 0 Å². The number of carbonyl (C=O) groups excluding carboxylic acids is 1. The van der Waals surface area contributed by atoms with Crippen LogP contribution in [0.1, 0.15) is 84.0 Å². The lowest BCUT2D eigenvalue weighted by Gasteiger charge is -2.15. The van der Waals surface area contributed by atoms with Crippen molar-refractivity contribution < 1.29 is 4.79 Å². The van der Waals surface area contributed by atoms with E-state index in [9.17, 15) is 4.79 Å². The second-order valence-electron chi connectivity index (χ2n) is 6.52. The fourth-order valence-corrected chi connectivity index (χ4v) is 3.26. The maximum absolute atomic E-state index is 11.4. The zero-order valence-electron chi connectivity index (χ0n) is 13.9. The molecule has 0 bridgehead atoms. The van der Waals surface area contributed by atoms with Gasteiger partial charge in [0.25, 0.3) is 0 Å². The van der Waals surface area contributed by atoms with Gasteiger partial charge in [0.2, 0.25) is 0 Å². The lowest BCUT2D eigenvalue weighted by molar-refractivity contribution is 0.207. The van der Waals surface area contributed by atoms with E-state index < -0.39 is 0 Å². The van der Waals surface area contributed by atoms with E-state index in [-0.39, 0.29) is 6.03 Å². The fourth-order valence-electron chi connectivity index (χ4n) is 3.26. The van der Waals surface area contributed by atoms with E-state index in [2.05, 4.69) is 12.3 Å². The van der Waals surface area contributed by atoms with Crippen molar-refractivity contribution in [3.05, 3.63) is 0 Å². The first-order chi connectivity index (χ1) is 10.3. The van der Waals surface area contributed by atoms with Crippen LogP contribution in [0, 0.1) is 5.92 Å². The average molecular weight is 297 g/mol. The Labute approximate surface area is 130 Å². The summed E-state index contributed by atoms with van der Waals surface area (Å²) in [5, 5.41) is 0. The maximum atomic E-state index is 11.4. The van der Waals surface area contributed by atoms with E-state index in [1.165, 1.54) is 70.6 Å². The Morgan fingerprint density at radius 3 is 2.19 bits per heavy atom. The third kappa shape index (κ3) is 8.30. The number of rotatable bonds is 11. The molecule has 1 fully saturated rings. The van der Waals surface area contributed by atoms with Gasteiger partial charge >= 0.3 is 6.03 Å². The molecule has 1 atom stereocenters. The Morgan fingerprint density at radius 1 is 1.05 bits per heavy atom. The molecule has 0 spiro atoms. The second kappa shape index (κ2) is 11.8. The number of urea groups is 1. The van der Waals surface area contributed by atoms with Gasteiger partial charge in [0.1, 0.15) is 0 Å². The normalized spacial score (nSPS) is 18.2. The van der Waals surface area contributed by atoms with Crippen LogP contribution in [0.3, 0.4) is 0 Å². The molecule has 1 rings (SSSR count). The molecule has 1 saturated heterocycles. The minimum atomic E-state index is -0.124. The summed E-state index contributed by atoms with van der Waals surface area (Å²) < 4.78 is 0. The van der Waals surface area contributed by atoms with Crippen LogP contribution in [0.25, 0.3) is 0 Å². The molecule has 0 saturated carbocycles.